The monoisotopic (exact) mass is 480 g/mol. The van der Waals surface area contributed by atoms with Crippen LogP contribution < -0.4 is 10.2 Å². The number of carbonyl (C=O) groups is 1. The summed E-state index contributed by atoms with van der Waals surface area (Å²) in [7, 11) is 0. The molecule has 3 aromatic rings. The number of nitrogens with one attached hydrogen (secondary N) is 1. The zero-order chi connectivity index (χ0) is 22.7. The minimum absolute atomic E-state index is 0.00711. The van der Waals surface area contributed by atoms with Gasteiger partial charge < -0.3 is 5.32 Å². The van der Waals surface area contributed by atoms with Crippen LogP contribution in [-0.4, -0.2) is 15.7 Å². The van der Waals surface area contributed by atoms with Crippen LogP contribution in [0.1, 0.15) is 41.2 Å². The first-order valence-corrected chi connectivity index (χ1v) is 13.2. The molecular formula is C26H25FN2O2S2. The van der Waals surface area contributed by atoms with Gasteiger partial charge in [0.05, 0.1) is 5.03 Å². The van der Waals surface area contributed by atoms with Gasteiger partial charge in [-0.1, -0.05) is 41.2 Å². The Hall–Kier alpha value is -2.38. The van der Waals surface area contributed by atoms with Crippen molar-refractivity contribution in [2.45, 2.75) is 48.9 Å². The zero-order valence-corrected chi connectivity index (χ0v) is 19.9. The number of thioether (sulfide) groups is 1. The van der Waals surface area contributed by atoms with Crippen molar-refractivity contribution in [3.05, 3.63) is 80.0 Å². The van der Waals surface area contributed by atoms with E-state index in [9.17, 15) is 14.0 Å². The third kappa shape index (κ3) is 3.66. The Kier molecular flexibility index (Phi) is 5.22. The second-order valence-electron chi connectivity index (χ2n) is 9.56. The van der Waals surface area contributed by atoms with E-state index in [0.717, 1.165) is 26.7 Å². The zero-order valence-electron chi connectivity index (χ0n) is 18.3. The molecule has 2 bridgehead atoms. The van der Waals surface area contributed by atoms with Gasteiger partial charge in [0, 0.05) is 21.7 Å². The lowest BCUT2D eigenvalue weighted by Crippen LogP contribution is -2.34. The molecule has 4 unspecified atom stereocenters. The van der Waals surface area contributed by atoms with Crippen LogP contribution in [0.2, 0.25) is 0 Å². The van der Waals surface area contributed by atoms with Crippen LogP contribution in [0.25, 0.3) is 0 Å². The average Bonchev–Trinajstić information content (AvgIpc) is 3.49. The molecule has 2 heterocycles. The third-order valence-corrected chi connectivity index (χ3v) is 10.4. The summed E-state index contributed by atoms with van der Waals surface area (Å²) >= 11 is 3.07. The number of nitrogens with zero attached hydrogens (tertiary/aromatic N) is 1. The van der Waals surface area contributed by atoms with E-state index in [-0.39, 0.29) is 29.1 Å². The van der Waals surface area contributed by atoms with Crippen molar-refractivity contribution in [3.63, 3.8) is 0 Å². The van der Waals surface area contributed by atoms with Crippen molar-refractivity contribution in [2.75, 3.05) is 5.32 Å². The minimum atomic E-state index is -0.243. The lowest BCUT2D eigenvalue weighted by Gasteiger charge is -2.40. The first kappa shape index (κ1) is 21.2. The summed E-state index contributed by atoms with van der Waals surface area (Å²) in [5.41, 5.74) is 2.94. The van der Waals surface area contributed by atoms with Crippen molar-refractivity contribution in [1.29, 1.82) is 0 Å². The number of benzene rings is 2. The number of aromatic nitrogens is 1. The quantitative estimate of drug-likeness (QED) is 0.525. The van der Waals surface area contributed by atoms with Crippen LogP contribution in [0.4, 0.5) is 10.1 Å². The standard InChI is InChI=1S/C26H25FN2O2S2/c1-14-2-10-19(11-3-14)28-20(30)13-29-25-24(33-26(29)31)21(15-6-8-18(27)9-7-15)22-16-4-5-17(12-16)23(22)32-25/h2-3,6-11,16-17,21-23H,4-5,12-13H2,1H3,(H,28,30)/t16?,17?,21-,22?,23?/m1/s1. The molecule has 3 aliphatic rings. The number of carbonyl (C=O) groups excluding carboxylic acids is 1. The van der Waals surface area contributed by atoms with E-state index in [1.807, 2.05) is 55.1 Å². The second-order valence-corrected chi connectivity index (χ2v) is 11.7. The number of amides is 1. The Morgan fingerprint density at radius 2 is 1.82 bits per heavy atom. The number of rotatable bonds is 4. The normalized spacial score (nSPS) is 27.3. The molecular weight excluding hydrogens is 455 g/mol. The molecule has 4 nitrogen and oxygen atoms in total. The van der Waals surface area contributed by atoms with E-state index < -0.39 is 0 Å². The smallest absolute Gasteiger partial charge is 0.308 e. The fourth-order valence-corrected chi connectivity index (χ4v) is 9.26. The molecule has 5 atom stereocenters. The van der Waals surface area contributed by atoms with Gasteiger partial charge in [0.2, 0.25) is 5.91 Å². The van der Waals surface area contributed by atoms with Gasteiger partial charge in [-0.05, 0) is 73.8 Å². The maximum atomic E-state index is 13.7. The van der Waals surface area contributed by atoms with Crippen molar-refractivity contribution in [2.24, 2.45) is 17.8 Å². The number of anilines is 1. The van der Waals surface area contributed by atoms with Gasteiger partial charge in [-0.25, -0.2) is 4.39 Å². The van der Waals surface area contributed by atoms with Crippen molar-refractivity contribution in [1.82, 2.24) is 4.57 Å². The van der Waals surface area contributed by atoms with Gasteiger partial charge >= 0.3 is 4.87 Å². The lowest BCUT2D eigenvalue weighted by molar-refractivity contribution is -0.116. The van der Waals surface area contributed by atoms with Gasteiger partial charge in [0.25, 0.3) is 0 Å². The van der Waals surface area contributed by atoms with Crippen molar-refractivity contribution in [3.8, 4) is 0 Å². The first-order chi connectivity index (χ1) is 16.0. The second kappa shape index (κ2) is 8.13. The molecule has 33 heavy (non-hydrogen) atoms. The Balaban J connectivity index is 1.36. The third-order valence-electron chi connectivity index (χ3n) is 7.56. The lowest BCUT2D eigenvalue weighted by atomic mass is 9.75. The highest BCUT2D eigenvalue weighted by molar-refractivity contribution is 8.00. The SMILES string of the molecule is Cc1ccc(NC(=O)Cn2c3c(sc2=O)[C@H](c2ccc(F)cc2)C2C4CCC(C4)C2S3)cc1. The highest BCUT2D eigenvalue weighted by atomic mass is 32.2. The topological polar surface area (TPSA) is 51.1 Å². The molecule has 1 amide bonds. The number of hydrogen-bond acceptors (Lipinski definition) is 4. The van der Waals surface area contributed by atoms with Gasteiger partial charge in [0.15, 0.2) is 0 Å². The summed E-state index contributed by atoms with van der Waals surface area (Å²) in [5.74, 6) is 1.45. The maximum absolute atomic E-state index is 13.7. The number of halogens is 1. The fraction of sp³-hybridized carbons (Fsp3) is 0.385. The number of aryl methyl sites for hydroxylation is 1. The summed E-state index contributed by atoms with van der Waals surface area (Å²) in [6.45, 7) is 2.01. The van der Waals surface area contributed by atoms with E-state index in [4.69, 9.17) is 0 Å². The Labute approximate surface area is 200 Å². The molecule has 1 aliphatic heterocycles. The van der Waals surface area contributed by atoms with Crippen molar-refractivity contribution >= 4 is 34.7 Å². The summed E-state index contributed by atoms with van der Waals surface area (Å²) < 4.78 is 15.3. The predicted octanol–water partition coefficient (Wildman–Crippen LogP) is 5.65. The highest BCUT2D eigenvalue weighted by Crippen LogP contribution is 2.63. The highest BCUT2D eigenvalue weighted by Gasteiger charge is 2.55. The molecule has 2 aromatic carbocycles. The van der Waals surface area contributed by atoms with E-state index >= 15 is 0 Å². The molecule has 2 aliphatic carbocycles. The maximum Gasteiger partial charge on any atom is 0.308 e. The van der Waals surface area contributed by atoms with E-state index in [0.29, 0.717) is 23.0 Å². The van der Waals surface area contributed by atoms with Crippen LogP contribution in [0, 0.1) is 30.5 Å². The summed E-state index contributed by atoms with van der Waals surface area (Å²) in [4.78, 5) is 26.9. The molecule has 0 radical (unpaired) electrons. The number of fused-ring (bicyclic) bond motifs is 6. The van der Waals surface area contributed by atoms with Crippen LogP contribution in [0.5, 0.6) is 0 Å². The van der Waals surface area contributed by atoms with Crippen LogP contribution in [0.15, 0.2) is 58.4 Å². The van der Waals surface area contributed by atoms with E-state index in [1.165, 1.54) is 42.7 Å². The molecule has 1 aromatic heterocycles. The Morgan fingerprint density at radius 3 is 2.58 bits per heavy atom. The number of hydrogen-bond donors (Lipinski definition) is 1. The number of thiazole rings is 1. The van der Waals surface area contributed by atoms with Crippen LogP contribution in [0.3, 0.4) is 0 Å². The van der Waals surface area contributed by atoms with Crippen LogP contribution in [-0.2, 0) is 11.3 Å². The van der Waals surface area contributed by atoms with Gasteiger partial charge in [-0.15, -0.1) is 11.8 Å². The van der Waals surface area contributed by atoms with E-state index in [2.05, 4.69) is 5.32 Å². The average molecular weight is 481 g/mol. The van der Waals surface area contributed by atoms with Gasteiger partial charge in [-0.2, -0.15) is 0 Å². The molecule has 170 valence electrons. The molecule has 6 rings (SSSR count). The molecule has 2 fully saturated rings. The molecule has 2 saturated carbocycles. The Morgan fingerprint density at radius 1 is 1.09 bits per heavy atom. The summed E-state index contributed by atoms with van der Waals surface area (Å²) in [6.07, 6.45) is 3.73. The minimum Gasteiger partial charge on any atom is -0.325 e. The first-order valence-electron chi connectivity index (χ1n) is 11.5. The summed E-state index contributed by atoms with van der Waals surface area (Å²) in [5, 5.41) is 4.31. The molecule has 0 saturated heterocycles. The molecule has 0 spiro atoms. The summed E-state index contributed by atoms with van der Waals surface area (Å²) in [6, 6.07) is 14.4. The molecule has 7 heteroatoms. The van der Waals surface area contributed by atoms with Gasteiger partial charge in [-0.3, -0.25) is 14.2 Å². The van der Waals surface area contributed by atoms with Gasteiger partial charge in [0.1, 0.15) is 12.4 Å². The van der Waals surface area contributed by atoms with Crippen molar-refractivity contribution < 1.29 is 9.18 Å². The molecule has 1 N–H and O–H groups in total. The van der Waals surface area contributed by atoms with E-state index in [1.54, 1.807) is 4.57 Å². The largest absolute Gasteiger partial charge is 0.325 e. The van der Waals surface area contributed by atoms with Crippen LogP contribution >= 0.6 is 23.1 Å². The fourth-order valence-electron chi connectivity index (χ4n) is 6.11. The predicted molar refractivity (Wildman–Crippen MR) is 131 cm³/mol. The Bertz CT molecular complexity index is 1260.